The van der Waals surface area contributed by atoms with Crippen molar-refractivity contribution in [2.45, 2.75) is 31.8 Å². The van der Waals surface area contributed by atoms with Gasteiger partial charge in [-0.15, -0.1) is 0 Å². The molecule has 1 fully saturated rings. The number of amides is 1. The molecular formula is C10H20N2O2S. The van der Waals surface area contributed by atoms with E-state index in [0.717, 1.165) is 19.4 Å². The molecule has 88 valence electrons. The Morgan fingerprint density at radius 2 is 2.33 bits per heavy atom. The van der Waals surface area contributed by atoms with Crippen molar-refractivity contribution in [3.05, 3.63) is 0 Å². The maximum absolute atomic E-state index is 11.6. The van der Waals surface area contributed by atoms with Crippen molar-refractivity contribution in [3.8, 4) is 0 Å². The van der Waals surface area contributed by atoms with Crippen molar-refractivity contribution >= 4 is 16.7 Å². The Morgan fingerprint density at radius 1 is 1.67 bits per heavy atom. The van der Waals surface area contributed by atoms with Gasteiger partial charge in [-0.2, -0.15) is 0 Å². The highest BCUT2D eigenvalue weighted by atomic mass is 32.2. The van der Waals surface area contributed by atoms with Crippen LogP contribution in [0, 0.1) is 0 Å². The molecule has 15 heavy (non-hydrogen) atoms. The van der Waals surface area contributed by atoms with E-state index >= 15 is 0 Å². The fourth-order valence-electron chi connectivity index (χ4n) is 1.75. The van der Waals surface area contributed by atoms with Crippen molar-refractivity contribution in [2.75, 3.05) is 25.6 Å². The molecule has 3 atom stereocenters. The molecule has 0 saturated carbocycles. The minimum absolute atomic E-state index is 0.0321. The molecule has 1 amide bonds. The molecule has 0 radical (unpaired) electrons. The zero-order valence-electron chi connectivity index (χ0n) is 9.66. The minimum Gasteiger partial charge on any atom is -0.344 e. The van der Waals surface area contributed by atoms with Gasteiger partial charge in [-0.05, 0) is 19.8 Å². The predicted octanol–water partition coefficient (Wildman–Crippen LogP) is -0.0362. The highest BCUT2D eigenvalue weighted by Crippen LogP contribution is 2.09. The molecule has 0 bridgehead atoms. The highest BCUT2D eigenvalue weighted by molar-refractivity contribution is 7.84. The first-order valence-corrected chi connectivity index (χ1v) is 7.04. The number of likely N-dealkylation sites (tertiary alicyclic amines) is 1. The van der Waals surface area contributed by atoms with E-state index < -0.39 is 10.8 Å². The summed E-state index contributed by atoms with van der Waals surface area (Å²) in [5, 5.41) is 3.29. The number of carbonyl (C=O) groups excluding carboxylic acids is 1. The summed E-state index contributed by atoms with van der Waals surface area (Å²) >= 11 is 0. The van der Waals surface area contributed by atoms with Crippen LogP contribution in [0.4, 0.5) is 0 Å². The van der Waals surface area contributed by atoms with E-state index in [0.29, 0.717) is 5.75 Å². The van der Waals surface area contributed by atoms with Crippen LogP contribution >= 0.6 is 0 Å². The number of nitrogens with one attached hydrogen (secondary N) is 1. The first-order valence-electron chi connectivity index (χ1n) is 5.31. The Hall–Kier alpha value is -0.420. The monoisotopic (exact) mass is 232 g/mol. The van der Waals surface area contributed by atoms with Crippen LogP contribution in [0.1, 0.15) is 19.8 Å². The summed E-state index contributed by atoms with van der Waals surface area (Å²) in [6, 6.07) is 0.227. The third kappa shape index (κ3) is 3.91. The van der Waals surface area contributed by atoms with Gasteiger partial charge in [-0.25, -0.2) is 0 Å². The van der Waals surface area contributed by atoms with Crippen molar-refractivity contribution in [2.24, 2.45) is 0 Å². The second-order valence-corrected chi connectivity index (χ2v) is 5.79. The second kappa shape index (κ2) is 5.61. The van der Waals surface area contributed by atoms with Gasteiger partial charge < -0.3 is 10.2 Å². The number of carbonyl (C=O) groups is 1. The fraction of sp³-hybridized carbons (Fsp3) is 0.900. The molecule has 0 aromatic carbocycles. The summed E-state index contributed by atoms with van der Waals surface area (Å²) in [5.74, 6) is 0.879. The molecule has 3 unspecified atom stereocenters. The third-order valence-corrected chi connectivity index (χ3v) is 3.56. The molecule has 0 aromatic heterocycles. The molecular weight excluding hydrogens is 212 g/mol. The normalized spacial score (nSPS) is 25.7. The maximum atomic E-state index is 11.6. The molecule has 1 aliphatic rings. The first kappa shape index (κ1) is 12.6. The summed E-state index contributed by atoms with van der Waals surface area (Å²) in [4.78, 5) is 13.3. The summed E-state index contributed by atoms with van der Waals surface area (Å²) in [5.41, 5.74) is 0. The van der Waals surface area contributed by atoms with Crippen LogP contribution in [0.3, 0.4) is 0 Å². The zero-order chi connectivity index (χ0) is 11.4. The van der Waals surface area contributed by atoms with Gasteiger partial charge in [0.2, 0.25) is 5.91 Å². The van der Waals surface area contributed by atoms with Gasteiger partial charge in [0.25, 0.3) is 0 Å². The third-order valence-electron chi connectivity index (χ3n) is 2.75. The lowest BCUT2D eigenvalue weighted by molar-refractivity contribution is -0.128. The fourth-order valence-corrected chi connectivity index (χ4v) is 2.43. The molecule has 4 nitrogen and oxygen atoms in total. The van der Waals surface area contributed by atoms with E-state index in [-0.39, 0.29) is 18.0 Å². The Balaban J connectivity index is 2.29. The number of hydrogen-bond acceptors (Lipinski definition) is 3. The average Bonchev–Trinajstić information content (AvgIpc) is 2.47. The van der Waals surface area contributed by atoms with Gasteiger partial charge in [0.05, 0.1) is 6.04 Å². The SMILES string of the molecule is CC(CCS(C)=O)NC1CCN(C)C1=O. The van der Waals surface area contributed by atoms with Crippen molar-refractivity contribution in [1.29, 1.82) is 0 Å². The topological polar surface area (TPSA) is 49.4 Å². The van der Waals surface area contributed by atoms with Crippen LogP contribution in [0.5, 0.6) is 0 Å². The zero-order valence-corrected chi connectivity index (χ0v) is 10.5. The summed E-state index contributed by atoms with van der Waals surface area (Å²) in [6.07, 6.45) is 3.45. The van der Waals surface area contributed by atoms with Gasteiger partial charge in [-0.1, -0.05) is 0 Å². The number of hydrogen-bond donors (Lipinski definition) is 1. The van der Waals surface area contributed by atoms with E-state index in [9.17, 15) is 9.00 Å². The number of nitrogens with zero attached hydrogens (tertiary/aromatic N) is 1. The molecule has 1 aliphatic heterocycles. The van der Waals surface area contributed by atoms with Crippen LogP contribution in [0.25, 0.3) is 0 Å². The van der Waals surface area contributed by atoms with Gasteiger partial charge >= 0.3 is 0 Å². The lowest BCUT2D eigenvalue weighted by Crippen LogP contribution is -2.42. The maximum Gasteiger partial charge on any atom is 0.239 e. The Bertz CT molecular complexity index is 258. The minimum atomic E-state index is -0.740. The van der Waals surface area contributed by atoms with E-state index in [1.165, 1.54) is 0 Å². The van der Waals surface area contributed by atoms with Crippen molar-refractivity contribution in [1.82, 2.24) is 10.2 Å². The van der Waals surface area contributed by atoms with Crippen LogP contribution in [-0.4, -0.2) is 52.7 Å². The molecule has 1 heterocycles. The quantitative estimate of drug-likeness (QED) is 0.724. The lowest BCUT2D eigenvalue weighted by atomic mass is 10.2. The van der Waals surface area contributed by atoms with Crippen LogP contribution in [-0.2, 0) is 15.6 Å². The number of likely N-dealkylation sites (N-methyl/N-ethyl adjacent to an activating group) is 1. The molecule has 5 heteroatoms. The molecule has 1 rings (SSSR count). The van der Waals surface area contributed by atoms with Gasteiger partial charge in [0, 0.05) is 42.4 Å². The molecule has 0 aromatic rings. The molecule has 0 spiro atoms. The standard InChI is InChI=1S/C10H20N2O2S/c1-8(5-7-15(3)14)11-9-4-6-12(2)10(9)13/h8-9,11H,4-7H2,1-3H3. The Morgan fingerprint density at radius 3 is 2.80 bits per heavy atom. The van der Waals surface area contributed by atoms with Gasteiger partial charge in [0.1, 0.15) is 0 Å². The van der Waals surface area contributed by atoms with Gasteiger partial charge in [0.15, 0.2) is 0 Å². The molecule has 1 N–H and O–H groups in total. The van der Waals surface area contributed by atoms with E-state index in [1.54, 1.807) is 11.2 Å². The molecule has 1 saturated heterocycles. The predicted molar refractivity (Wildman–Crippen MR) is 62.2 cm³/mol. The Kier molecular flexibility index (Phi) is 4.73. The summed E-state index contributed by atoms with van der Waals surface area (Å²) < 4.78 is 10.9. The van der Waals surface area contributed by atoms with Crippen LogP contribution in [0.15, 0.2) is 0 Å². The van der Waals surface area contributed by atoms with Crippen LogP contribution < -0.4 is 5.32 Å². The smallest absolute Gasteiger partial charge is 0.239 e. The molecule has 0 aliphatic carbocycles. The van der Waals surface area contributed by atoms with Crippen molar-refractivity contribution in [3.63, 3.8) is 0 Å². The number of rotatable bonds is 5. The van der Waals surface area contributed by atoms with Crippen molar-refractivity contribution < 1.29 is 9.00 Å². The highest BCUT2D eigenvalue weighted by Gasteiger charge is 2.29. The van der Waals surface area contributed by atoms with E-state index in [1.807, 2.05) is 14.0 Å². The largest absolute Gasteiger partial charge is 0.344 e. The second-order valence-electron chi connectivity index (χ2n) is 4.23. The average molecular weight is 232 g/mol. The van der Waals surface area contributed by atoms with E-state index in [2.05, 4.69) is 5.32 Å². The summed E-state index contributed by atoms with van der Waals surface area (Å²) in [7, 11) is 1.09. The Labute approximate surface area is 93.9 Å². The van der Waals surface area contributed by atoms with Crippen LogP contribution in [0.2, 0.25) is 0 Å². The first-order chi connectivity index (χ1) is 7.00. The summed E-state index contributed by atoms with van der Waals surface area (Å²) in [6.45, 7) is 2.88. The van der Waals surface area contributed by atoms with E-state index in [4.69, 9.17) is 0 Å². The lowest BCUT2D eigenvalue weighted by Gasteiger charge is -2.17. The van der Waals surface area contributed by atoms with Gasteiger partial charge in [-0.3, -0.25) is 9.00 Å².